The molecule has 1 atom stereocenters. The number of hydrogen-bond acceptors (Lipinski definition) is 5. The zero-order chi connectivity index (χ0) is 16.9. The summed E-state index contributed by atoms with van der Waals surface area (Å²) < 4.78 is 28.8. The fraction of sp³-hybridized carbons (Fsp3) is 0.375. The summed E-state index contributed by atoms with van der Waals surface area (Å²) in [6.45, 7) is 1.83. The number of benzene rings is 1. The first kappa shape index (κ1) is 17.4. The second-order valence-electron chi connectivity index (χ2n) is 5.47. The highest BCUT2D eigenvalue weighted by Crippen LogP contribution is 2.16. The molecule has 0 saturated carbocycles. The first-order valence-electron chi connectivity index (χ1n) is 7.32. The second-order valence-corrected chi connectivity index (χ2v) is 7.31. The summed E-state index contributed by atoms with van der Waals surface area (Å²) in [7, 11) is -2.04. The molecule has 0 fully saturated rings. The molecule has 0 bridgehead atoms. The van der Waals surface area contributed by atoms with E-state index in [0.717, 1.165) is 17.0 Å². The molecular weight excluding hydrogens is 314 g/mol. The van der Waals surface area contributed by atoms with E-state index in [1.54, 1.807) is 13.2 Å². The molecule has 124 valence electrons. The lowest BCUT2D eigenvalue weighted by Gasteiger charge is -2.14. The largest absolute Gasteiger partial charge is 0.497 e. The first-order chi connectivity index (χ1) is 10.9. The molecular formula is C16H21N3O3S. The Morgan fingerprint density at radius 1 is 1.13 bits per heavy atom. The number of hydrogen-bond donors (Lipinski definition) is 1. The summed E-state index contributed by atoms with van der Waals surface area (Å²) in [6.07, 6.45) is 1.31. The lowest BCUT2D eigenvalue weighted by Crippen LogP contribution is -2.31. The Balaban J connectivity index is 2.05. The Morgan fingerprint density at radius 3 is 2.35 bits per heavy atom. The van der Waals surface area contributed by atoms with E-state index in [1.165, 1.54) is 0 Å². The number of nitrogens with two attached hydrogens (primary N) is 1. The number of rotatable bonds is 7. The molecule has 1 heterocycles. The Morgan fingerprint density at radius 2 is 1.83 bits per heavy atom. The number of sulfonamides is 1. The monoisotopic (exact) mass is 335 g/mol. The maximum absolute atomic E-state index is 11.8. The number of ether oxygens (including phenoxy) is 1. The van der Waals surface area contributed by atoms with Crippen molar-refractivity contribution in [2.75, 3.05) is 7.11 Å². The molecule has 0 saturated heterocycles. The summed E-state index contributed by atoms with van der Waals surface area (Å²) in [5.74, 6) is 0.770. The van der Waals surface area contributed by atoms with Crippen LogP contribution in [0.15, 0.2) is 36.4 Å². The van der Waals surface area contributed by atoms with Gasteiger partial charge in [0.2, 0.25) is 10.0 Å². The number of aryl methyl sites for hydroxylation is 2. The van der Waals surface area contributed by atoms with Gasteiger partial charge in [0.05, 0.1) is 23.7 Å². The fourth-order valence-corrected chi connectivity index (χ4v) is 3.12. The summed E-state index contributed by atoms with van der Waals surface area (Å²) >= 11 is 0. The van der Waals surface area contributed by atoms with Crippen molar-refractivity contribution in [2.24, 2.45) is 5.14 Å². The first-order valence-corrected chi connectivity index (χ1v) is 8.93. The van der Waals surface area contributed by atoms with Crippen LogP contribution in [-0.2, 0) is 22.9 Å². The van der Waals surface area contributed by atoms with Crippen LogP contribution >= 0.6 is 0 Å². The minimum atomic E-state index is -3.65. The fourth-order valence-electron chi connectivity index (χ4n) is 2.27. The van der Waals surface area contributed by atoms with Crippen LogP contribution in [0.2, 0.25) is 0 Å². The van der Waals surface area contributed by atoms with E-state index in [4.69, 9.17) is 9.88 Å². The number of aromatic nitrogens is 2. The van der Waals surface area contributed by atoms with Gasteiger partial charge in [-0.25, -0.2) is 13.6 Å². The number of nitrogens with zero attached hydrogens (tertiary/aromatic N) is 2. The quantitative estimate of drug-likeness (QED) is 0.829. The Kier molecular flexibility index (Phi) is 5.68. The van der Waals surface area contributed by atoms with Crippen LogP contribution in [-0.4, -0.2) is 31.0 Å². The molecule has 7 heteroatoms. The zero-order valence-corrected chi connectivity index (χ0v) is 14.1. The molecule has 0 spiro atoms. The molecule has 0 radical (unpaired) electrons. The van der Waals surface area contributed by atoms with Crippen molar-refractivity contribution in [1.29, 1.82) is 0 Å². The maximum Gasteiger partial charge on any atom is 0.212 e. The number of primary sulfonamides is 1. The maximum atomic E-state index is 11.8. The average molecular weight is 335 g/mol. The van der Waals surface area contributed by atoms with Crippen LogP contribution in [0.5, 0.6) is 5.75 Å². The van der Waals surface area contributed by atoms with Gasteiger partial charge in [-0.2, -0.15) is 10.2 Å². The van der Waals surface area contributed by atoms with Gasteiger partial charge in [0, 0.05) is 6.42 Å². The topological polar surface area (TPSA) is 95.2 Å². The van der Waals surface area contributed by atoms with Gasteiger partial charge >= 0.3 is 0 Å². The van der Waals surface area contributed by atoms with Crippen LogP contribution in [0, 0.1) is 6.92 Å². The molecule has 1 aromatic heterocycles. The van der Waals surface area contributed by atoms with Crippen molar-refractivity contribution in [1.82, 2.24) is 10.2 Å². The Bertz CT molecular complexity index is 728. The molecule has 0 amide bonds. The van der Waals surface area contributed by atoms with Crippen molar-refractivity contribution < 1.29 is 13.2 Å². The van der Waals surface area contributed by atoms with E-state index in [2.05, 4.69) is 10.2 Å². The predicted octanol–water partition coefficient (Wildman–Crippen LogP) is 1.63. The normalized spacial score (nSPS) is 12.8. The van der Waals surface area contributed by atoms with Crippen molar-refractivity contribution in [3.8, 4) is 5.75 Å². The molecule has 2 N–H and O–H groups in total. The van der Waals surface area contributed by atoms with Gasteiger partial charge in [0.15, 0.2) is 0 Å². The van der Waals surface area contributed by atoms with Gasteiger partial charge in [0.25, 0.3) is 0 Å². The van der Waals surface area contributed by atoms with Gasteiger partial charge in [-0.3, -0.25) is 0 Å². The van der Waals surface area contributed by atoms with Crippen molar-refractivity contribution in [3.05, 3.63) is 53.3 Å². The summed E-state index contributed by atoms with van der Waals surface area (Å²) in [4.78, 5) is 0. The molecule has 1 aromatic carbocycles. The lowest BCUT2D eigenvalue weighted by atomic mass is 10.1. The minimum absolute atomic E-state index is 0.266. The van der Waals surface area contributed by atoms with E-state index in [9.17, 15) is 8.42 Å². The van der Waals surface area contributed by atoms with Gasteiger partial charge in [-0.15, -0.1) is 0 Å². The third kappa shape index (κ3) is 5.30. The summed E-state index contributed by atoms with van der Waals surface area (Å²) in [5.41, 5.74) is 2.46. The molecule has 0 aliphatic carbocycles. The van der Waals surface area contributed by atoms with Gasteiger partial charge in [-0.1, -0.05) is 12.1 Å². The predicted molar refractivity (Wildman–Crippen MR) is 88.7 cm³/mol. The standard InChI is InChI=1S/C16H21N3O3S/c1-12-3-7-14(19-18-12)11-16(23(17,20)21)10-6-13-4-8-15(22-2)9-5-13/h3-5,7-9,16H,6,10-11H2,1-2H3,(H2,17,20,21). The smallest absolute Gasteiger partial charge is 0.212 e. The van der Waals surface area contributed by atoms with Crippen LogP contribution in [0.4, 0.5) is 0 Å². The molecule has 1 unspecified atom stereocenters. The molecule has 23 heavy (non-hydrogen) atoms. The van der Waals surface area contributed by atoms with E-state index < -0.39 is 15.3 Å². The Labute approximate surface area is 136 Å². The summed E-state index contributed by atoms with van der Waals surface area (Å²) in [6, 6.07) is 11.1. The molecule has 6 nitrogen and oxygen atoms in total. The van der Waals surface area contributed by atoms with Gasteiger partial charge in [-0.05, 0) is 49.6 Å². The highest BCUT2D eigenvalue weighted by atomic mass is 32.2. The van der Waals surface area contributed by atoms with Crippen LogP contribution in [0.3, 0.4) is 0 Å². The molecule has 0 aliphatic rings. The van der Waals surface area contributed by atoms with Crippen LogP contribution in [0.1, 0.15) is 23.4 Å². The van der Waals surface area contributed by atoms with E-state index in [0.29, 0.717) is 18.5 Å². The third-order valence-corrected chi connectivity index (χ3v) is 5.00. The Hall–Kier alpha value is -1.99. The molecule has 0 aliphatic heterocycles. The van der Waals surface area contributed by atoms with E-state index in [-0.39, 0.29) is 6.42 Å². The third-order valence-electron chi connectivity index (χ3n) is 3.67. The van der Waals surface area contributed by atoms with E-state index >= 15 is 0 Å². The number of methoxy groups -OCH3 is 1. The highest BCUT2D eigenvalue weighted by Gasteiger charge is 2.22. The minimum Gasteiger partial charge on any atom is -0.497 e. The zero-order valence-electron chi connectivity index (χ0n) is 13.3. The van der Waals surface area contributed by atoms with E-state index in [1.807, 2.05) is 37.3 Å². The molecule has 2 rings (SSSR count). The highest BCUT2D eigenvalue weighted by molar-refractivity contribution is 7.89. The molecule has 2 aromatic rings. The second kappa shape index (κ2) is 7.52. The summed E-state index contributed by atoms with van der Waals surface area (Å²) in [5, 5.41) is 12.7. The van der Waals surface area contributed by atoms with Crippen LogP contribution < -0.4 is 9.88 Å². The van der Waals surface area contributed by atoms with Crippen molar-refractivity contribution in [2.45, 2.75) is 31.4 Å². The SMILES string of the molecule is COc1ccc(CCC(Cc2ccc(C)nn2)S(N)(=O)=O)cc1. The van der Waals surface area contributed by atoms with Crippen molar-refractivity contribution >= 4 is 10.0 Å². The van der Waals surface area contributed by atoms with Gasteiger partial charge in [0.1, 0.15) is 5.75 Å². The van der Waals surface area contributed by atoms with Crippen LogP contribution in [0.25, 0.3) is 0 Å². The average Bonchev–Trinajstić information content (AvgIpc) is 2.52. The van der Waals surface area contributed by atoms with Gasteiger partial charge < -0.3 is 4.74 Å². The van der Waals surface area contributed by atoms with Crippen molar-refractivity contribution in [3.63, 3.8) is 0 Å². The lowest BCUT2D eigenvalue weighted by molar-refractivity contribution is 0.414.